The highest BCUT2D eigenvalue weighted by Gasteiger charge is 2.36. The summed E-state index contributed by atoms with van der Waals surface area (Å²) in [6.45, 7) is 5.27. The van der Waals surface area contributed by atoms with Crippen LogP contribution in [0.5, 0.6) is 0 Å². The fourth-order valence-electron chi connectivity index (χ4n) is 4.79. The summed E-state index contributed by atoms with van der Waals surface area (Å²) in [5.74, 6) is -0.812. The molecule has 1 amide bonds. The van der Waals surface area contributed by atoms with Gasteiger partial charge in [0, 0.05) is 37.0 Å². The van der Waals surface area contributed by atoms with Gasteiger partial charge in [0.25, 0.3) is 0 Å². The van der Waals surface area contributed by atoms with Gasteiger partial charge in [-0.25, -0.2) is 14.4 Å². The lowest BCUT2D eigenvalue weighted by Gasteiger charge is -2.35. The van der Waals surface area contributed by atoms with E-state index in [1.54, 1.807) is 24.0 Å². The SMILES string of the molecule is C=CC(=O)N1CCN(c2ncnc3c(F)c(N(CC(F)(F)F)c4c(C)ccc5[nH]ncc45)c(Cl)cc23)CC1. The minimum atomic E-state index is -4.68. The number of nitrogens with zero attached hydrogens (tertiary/aromatic N) is 6. The van der Waals surface area contributed by atoms with E-state index < -0.39 is 24.2 Å². The van der Waals surface area contributed by atoms with E-state index in [0.29, 0.717) is 48.5 Å². The molecule has 1 aliphatic heterocycles. The Morgan fingerprint density at radius 2 is 1.92 bits per heavy atom. The van der Waals surface area contributed by atoms with E-state index in [1.807, 2.05) is 4.90 Å². The van der Waals surface area contributed by atoms with Gasteiger partial charge in [-0.2, -0.15) is 18.3 Å². The van der Waals surface area contributed by atoms with Crippen molar-refractivity contribution in [1.29, 1.82) is 0 Å². The minimum Gasteiger partial charge on any atom is -0.352 e. The largest absolute Gasteiger partial charge is 0.406 e. The number of anilines is 3. The van der Waals surface area contributed by atoms with E-state index >= 15 is 4.39 Å². The third-order valence-electron chi connectivity index (χ3n) is 6.52. The second kappa shape index (κ2) is 9.75. The molecule has 8 nitrogen and oxygen atoms in total. The number of aryl methyl sites for hydroxylation is 1. The molecule has 198 valence electrons. The molecule has 0 spiro atoms. The molecule has 0 saturated carbocycles. The number of alkyl halides is 3. The van der Waals surface area contributed by atoms with Gasteiger partial charge in [0.1, 0.15) is 24.2 Å². The van der Waals surface area contributed by atoms with Crippen molar-refractivity contribution in [3.63, 3.8) is 0 Å². The van der Waals surface area contributed by atoms with Crippen LogP contribution in [-0.4, -0.2) is 69.9 Å². The lowest BCUT2D eigenvalue weighted by Crippen LogP contribution is -2.48. The van der Waals surface area contributed by atoms with Gasteiger partial charge in [-0.15, -0.1) is 0 Å². The molecule has 1 aliphatic rings. The van der Waals surface area contributed by atoms with Gasteiger partial charge in [-0.3, -0.25) is 9.89 Å². The molecule has 4 aromatic rings. The van der Waals surface area contributed by atoms with Crippen LogP contribution >= 0.6 is 11.6 Å². The summed E-state index contributed by atoms with van der Waals surface area (Å²) in [5.41, 5.74) is 0.497. The van der Waals surface area contributed by atoms with E-state index in [9.17, 15) is 18.0 Å². The number of rotatable bonds is 5. The fourth-order valence-corrected chi connectivity index (χ4v) is 5.09. The number of nitrogens with one attached hydrogen (secondary N) is 1. The maximum Gasteiger partial charge on any atom is 0.406 e. The summed E-state index contributed by atoms with van der Waals surface area (Å²) in [5, 5.41) is 7.09. The molecule has 1 saturated heterocycles. The van der Waals surface area contributed by atoms with Crippen LogP contribution in [0.3, 0.4) is 0 Å². The van der Waals surface area contributed by atoms with Gasteiger partial charge in [-0.05, 0) is 30.7 Å². The van der Waals surface area contributed by atoms with Gasteiger partial charge >= 0.3 is 6.18 Å². The van der Waals surface area contributed by atoms with E-state index in [2.05, 4.69) is 26.7 Å². The van der Waals surface area contributed by atoms with Gasteiger partial charge in [0.05, 0.1) is 28.1 Å². The predicted molar refractivity (Wildman–Crippen MR) is 137 cm³/mol. The number of H-pyrrole nitrogens is 1. The molecule has 0 atom stereocenters. The first kappa shape index (κ1) is 25.7. The smallest absolute Gasteiger partial charge is 0.352 e. The summed E-state index contributed by atoms with van der Waals surface area (Å²) in [6.07, 6.45) is -0.881. The van der Waals surface area contributed by atoms with Gasteiger partial charge in [0.15, 0.2) is 5.82 Å². The molecule has 0 radical (unpaired) electrons. The molecule has 5 rings (SSSR count). The lowest BCUT2D eigenvalue weighted by molar-refractivity contribution is -0.126. The van der Waals surface area contributed by atoms with E-state index in [4.69, 9.17) is 11.6 Å². The molecule has 0 bridgehead atoms. The van der Waals surface area contributed by atoms with E-state index in [-0.39, 0.29) is 27.5 Å². The molecule has 1 fully saturated rings. The number of amides is 1. The van der Waals surface area contributed by atoms with Gasteiger partial charge in [-0.1, -0.05) is 24.2 Å². The molecule has 38 heavy (non-hydrogen) atoms. The Kier molecular flexibility index (Phi) is 6.59. The number of halogens is 5. The number of carbonyl (C=O) groups excluding carboxylic acids is 1. The lowest BCUT2D eigenvalue weighted by atomic mass is 10.1. The summed E-state index contributed by atoms with van der Waals surface area (Å²) < 4.78 is 57.7. The van der Waals surface area contributed by atoms with E-state index in [0.717, 1.165) is 11.2 Å². The quantitative estimate of drug-likeness (QED) is 0.275. The number of aromatic nitrogens is 4. The summed E-state index contributed by atoms with van der Waals surface area (Å²) in [6, 6.07) is 4.70. The zero-order valence-corrected chi connectivity index (χ0v) is 20.9. The number of carbonyl (C=O) groups is 1. The highest BCUT2D eigenvalue weighted by molar-refractivity contribution is 6.34. The zero-order chi connectivity index (χ0) is 27.2. The molecular weight excluding hydrogens is 526 g/mol. The van der Waals surface area contributed by atoms with Crippen LogP contribution < -0.4 is 9.80 Å². The maximum atomic E-state index is 16.2. The van der Waals surface area contributed by atoms with Gasteiger partial charge in [0.2, 0.25) is 5.91 Å². The van der Waals surface area contributed by atoms with Crippen LogP contribution in [0.1, 0.15) is 5.56 Å². The fraction of sp³-hybridized carbons (Fsp3) is 0.280. The van der Waals surface area contributed by atoms with Crippen molar-refractivity contribution in [2.75, 3.05) is 42.5 Å². The Labute approximate surface area is 219 Å². The van der Waals surface area contributed by atoms with Crippen LogP contribution in [-0.2, 0) is 4.79 Å². The van der Waals surface area contributed by atoms with Crippen LogP contribution in [0, 0.1) is 12.7 Å². The second-order valence-electron chi connectivity index (χ2n) is 8.89. The number of hydrogen-bond donors (Lipinski definition) is 1. The third kappa shape index (κ3) is 4.60. The Bertz CT molecular complexity index is 1550. The number of piperazine rings is 1. The number of benzene rings is 2. The van der Waals surface area contributed by atoms with Crippen molar-refractivity contribution in [3.05, 3.63) is 59.8 Å². The number of hydrogen-bond acceptors (Lipinski definition) is 6. The van der Waals surface area contributed by atoms with Crippen molar-refractivity contribution in [3.8, 4) is 0 Å². The van der Waals surface area contributed by atoms with Crippen LogP contribution in [0.25, 0.3) is 21.8 Å². The van der Waals surface area contributed by atoms with Crippen molar-refractivity contribution in [1.82, 2.24) is 25.1 Å². The average molecular weight is 548 g/mol. The summed E-state index contributed by atoms with van der Waals surface area (Å²) in [7, 11) is 0. The first-order valence-electron chi connectivity index (χ1n) is 11.6. The van der Waals surface area contributed by atoms with Crippen molar-refractivity contribution in [2.24, 2.45) is 0 Å². The average Bonchev–Trinajstić information content (AvgIpc) is 3.35. The molecule has 3 heterocycles. The molecular formula is C25H22ClF4N7O. The predicted octanol–water partition coefficient (Wildman–Crippen LogP) is 5.14. The second-order valence-corrected chi connectivity index (χ2v) is 9.30. The monoisotopic (exact) mass is 547 g/mol. The minimum absolute atomic E-state index is 0.131. The Morgan fingerprint density at radius 1 is 1.18 bits per heavy atom. The Balaban J connectivity index is 1.63. The first-order valence-corrected chi connectivity index (χ1v) is 12.0. The Morgan fingerprint density at radius 3 is 2.61 bits per heavy atom. The molecule has 2 aromatic heterocycles. The highest BCUT2D eigenvalue weighted by Crippen LogP contribution is 2.44. The van der Waals surface area contributed by atoms with Crippen LogP contribution in [0.2, 0.25) is 5.02 Å². The Hall–Kier alpha value is -3.93. The van der Waals surface area contributed by atoms with Crippen LogP contribution in [0.4, 0.5) is 34.8 Å². The van der Waals surface area contributed by atoms with Gasteiger partial charge < -0.3 is 14.7 Å². The molecule has 0 aliphatic carbocycles. The summed E-state index contributed by atoms with van der Waals surface area (Å²) >= 11 is 6.54. The third-order valence-corrected chi connectivity index (χ3v) is 6.80. The normalized spacial score (nSPS) is 14.4. The van der Waals surface area contributed by atoms with E-state index in [1.165, 1.54) is 18.3 Å². The highest BCUT2D eigenvalue weighted by atomic mass is 35.5. The standard InChI is InChI=1S/C25H22ClF4N7O/c1-3-19(38)35-6-8-36(9-7-35)24-15-10-17(26)23(20(27)21(15)31-13-32-24)37(12-25(28,29)30)22-14(2)4-5-18-16(22)11-33-34-18/h3-5,10-11,13H,1,6-9,12H2,2H3,(H,33,34). The van der Waals surface area contributed by atoms with Crippen molar-refractivity contribution >= 4 is 56.5 Å². The number of fused-ring (bicyclic) bond motifs is 2. The summed E-state index contributed by atoms with van der Waals surface area (Å²) in [4.78, 5) is 24.6. The molecule has 13 heteroatoms. The van der Waals surface area contributed by atoms with Crippen molar-refractivity contribution < 1.29 is 22.4 Å². The number of aromatic amines is 1. The van der Waals surface area contributed by atoms with Crippen molar-refractivity contribution in [2.45, 2.75) is 13.1 Å². The first-order chi connectivity index (χ1) is 18.1. The topological polar surface area (TPSA) is 81.3 Å². The molecule has 0 unspecified atom stereocenters. The zero-order valence-electron chi connectivity index (χ0n) is 20.2. The van der Waals surface area contributed by atoms with Crippen LogP contribution in [0.15, 0.2) is 43.4 Å². The maximum absolute atomic E-state index is 16.2. The molecule has 2 aromatic carbocycles. The molecule has 1 N–H and O–H groups in total.